The third-order valence-corrected chi connectivity index (χ3v) is 4.59. The lowest BCUT2D eigenvalue weighted by Gasteiger charge is -2.27. The van der Waals surface area contributed by atoms with E-state index in [0.717, 1.165) is 11.3 Å². The number of nitrogens with zero attached hydrogens (tertiary/aromatic N) is 4. The van der Waals surface area contributed by atoms with Crippen LogP contribution in [0.4, 0.5) is 4.39 Å². The molecule has 0 atom stereocenters. The van der Waals surface area contributed by atoms with Crippen molar-refractivity contribution in [3.8, 4) is 22.4 Å². The molecular formula is C20H19FN4O. The molecule has 3 aromatic rings. The molecular weight excluding hydrogens is 331 g/mol. The van der Waals surface area contributed by atoms with Gasteiger partial charge in [-0.25, -0.2) is 4.39 Å². The highest BCUT2D eigenvalue weighted by atomic mass is 19.1. The lowest BCUT2D eigenvalue weighted by molar-refractivity contribution is -0.130. The molecule has 0 bridgehead atoms. The smallest absolute Gasteiger partial charge is 0.219 e. The quantitative estimate of drug-likeness (QED) is 0.709. The summed E-state index contributed by atoms with van der Waals surface area (Å²) in [6.45, 7) is 0.615. The van der Waals surface area contributed by atoms with Gasteiger partial charge >= 0.3 is 0 Å². The van der Waals surface area contributed by atoms with E-state index in [0.29, 0.717) is 36.5 Å². The highest BCUT2D eigenvalue weighted by Crippen LogP contribution is 2.36. The molecule has 0 aliphatic carbocycles. The fourth-order valence-electron chi connectivity index (χ4n) is 3.29. The summed E-state index contributed by atoms with van der Waals surface area (Å²) >= 11 is 0. The largest absolute Gasteiger partial charge is 0.335 e. The third-order valence-electron chi connectivity index (χ3n) is 4.59. The molecule has 0 saturated carbocycles. The van der Waals surface area contributed by atoms with E-state index in [4.69, 9.17) is 9.21 Å². The highest BCUT2D eigenvalue weighted by Gasteiger charge is 2.26. The zero-order valence-electron chi connectivity index (χ0n) is 17.2. The van der Waals surface area contributed by atoms with Gasteiger partial charge in [-0.3, -0.25) is 14.5 Å². The van der Waals surface area contributed by atoms with E-state index >= 15 is 0 Å². The van der Waals surface area contributed by atoms with Crippen LogP contribution in [0.15, 0.2) is 42.6 Å². The van der Waals surface area contributed by atoms with Crippen molar-refractivity contribution in [1.29, 1.82) is 0 Å². The minimum absolute atomic E-state index is 0.0146. The van der Waals surface area contributed by atoms with E-state index in [-0.39, 0.29) is 17.4 Å². The van der Waals surface area contributed by atoms with Gasteiger partial charge in [-0.1, -0.05) is 0 Å². The van der Waals surface area contributed by atoms with Crippen molar-refractivity contribution in [1.82, 2.24) is 19.7 Å². The average Bonchev–Trinajstić information content (AvgIpc) is 3.06. The zero-order chi connectivity index (χ0) is 20.8. The molecule has 0 N–H and O–H groups in total. The van der Waals surface area contributed by atoms with E-state index in [9.17, 15) is 9.18 Å². The van der Waals surface area contributed by atoms with Crippen LogP contribution in [0.2, 0.25) is 0 Å². The van der Waals surface area contributed by atoms with Gasteiger partial charge in [-0.2, -0.15) is 5.10 Å². The molecule has 0 spiro atoms. The van der Waals surface area contributed by atoms with Crippen LogP contribution in [0.3, 0.4) is 0 Å². The van der Waals surface area contributed by atoms with E-state index < -0.39 is 6.85 Å². The molecule has 4 rings (SSSR count). The standard InChI is InChI=1S/C20H19FN4O/c1-13-11-16(7-8-22-13)19-18-12-24(14(2)26)9-10-25(18)23-20(19)15-3-5-17(21)6-4-15/h3-8,11H,9-10,12H2,1-2H3/i1D3. The number of aryl methyl sites for hydroxylation is 1. The van der Waals surface area contributed by atoms with Gasteiger partial charge in [0.25, 0.3) is 0 Å². The second-order valence-corrected chi connectivity index (χ2v) is 6.27. The van der Waals surface area contributed by atoms with Crippen LogP contribution in [-0.2, 0) is 17.9 Å². The second kappa shape index (κ2) is 6.37. The number of pyridine rings is 1. The maximum absolute atomic E-state index is 13.4. The summed E-state index contributed by atoms with van der Waals surface area (Å²) in [5.41, 5.74) is 3.51. The predicted octanol–water partition coefficient (Wildman–Crippen LogP) is 3.42. The number of aromatic nitrogens is 3. The molecule has 5 nitrogen and oxygen atoms in total. The van der Waals surface area contributed by atoms with Crippen LogP contribution in [0.25, 0.3) is 22.4 Å². The SMILES string of the molecule is [2H]C([2H])([2H])c1cc(-c2c(-c3ccc(F)cc3)nn3c2CN(C(C)=O)CC3)ccn1. The Morgan fingerprint density at radius 2 is 2.00 bits per heavy atom. The van der Waals surface area contributed by atoms with Gasteiger partial charge in [0.05, 0.1) is 18.8 Å². The first-order valence-corrected chi connectivity index (χ1v) is 8.32. The number of carbonyl (C=O) groups excluding carboxylic acids is 1. The molecule has 0 radical (unpaired) electrons. The van der Waals surface area contributed by atoms with Crippen LogP contribution in [-0.4, -0.2) is 32.1 Å². The maximum atomic E-state index is 13.4. The average molecular weight is 353 g/mol. The van der Waals surface area contributed by atoms with Crippen LogP contribution in [0, 0.1) is 12.7 Å². The third kappa shape index (κ3) is 2.87. The molecule has 0 fully saturated rings. The van der Waals surface area contributed by atoms with E-state index in [1.807, 2.05) is 4.68 Å². The Labute approximate surface area is 155 Å². The van der Waals surface area contributed by atoms with Crippen molar-refractivity contribution >= 4 is 5.91 Å². The number of carbonyl (C=O) groups is 1. The first-order chi connectivity index (χ1) is 13.7. The number of hydrogen-bond acceptors (Lipinski definition) is 3. The van der Waals surface area contributed by atoms with Crippen molar-refractivity contribution < 1.29 is 13.3 Å². The summed E-state index contributed by atoms with van der Waals surface area (Å²) in [5.74, 6) is -0.389. The van der Waals surface area contributed by atoms with Crippen molar-refractivity contribution in [2.24, 2.45) is 0 Å². The van der Waals surface area contributed by atoms with Crippen LogP contribution in [0.5, 0.6) is 0 Å². The van der Waals surface area contributed by atoms with Crippen LogP contribution >= 0.6 is 0 Å². The highest BCUT2D eigenvalue weighted by molar-refractivity contribution is 5.83. The Morgan fingerprint density at radius 3 is 2.73 bits per heavy atom. The van der Waals surface area contributed by atoms with E-state index in [1.54, 1.807) is 23.1 Å². The summed E-state index contributed by atoms with van der Waals surface area (Å²) in [5, 5.41) is 4.71. The Balaban J connectivity index is 1.92. The number of rotatable bonds is 2. The summed E-state index contributed by atoms with van der Waals surface area (Å²) in [4.78, 5) is 17.6. The monoisotopic (exact) mass is 353 g/mol. The minimum Gasteiger partial charge on any atom is -0.335 e. The van der Waals surface area contributed by atoms with Crippen molar-refractivity contribution in [2.75, 3.05) is 6.54 Å². The van der Waals surface area contributed by atoms with Gasteiger partial charge in [0.2, 0.25) is 5.91 Å². The molecule has 6 heteroatoms. The summed E-state index contributed by atoms with van der Waals surface area (Å²) in [6, 6.07) is 9.26. The maximum Gasteiger partial charge on any atom is 0.219 e. The molecule has 1 aliphatic rings. The first kappa shape index (κ1) is 13.2. The molecule has 2 aromatic heterocycles. The number of amides is 1. The number of hydrogen-bond donors (Lipinski definition) is 0. The lowest BCUT2D eigenvalue weighted by atomic mass is 9.98. The fraction of sp³-hybridized carbons (Fsp3) is 0.250. The Hall–Kier alpha value is -3.02. The van der Waals surface area contributed by atoms with Crippen LogP contribution in [0.1, 0.15) is 22.4 Å². The van der Waals surface area contributed by atoms with Gasteiger partial charge < -0.3 is 4.90 Å². The minimum atomic E-state index is -2.34. The van der Waals surface area contributed by atoms with Crippen molar-refractivity contribution in [3.63, 3.8) is 0 Å². The zero-order valence-corrected chi connectivity index (χ0v) is 14.2. The molecule has 3 heterocycles. The fourth-order valence-corrected chi connectivity index (χ4v) is 3.29. The number of halogens is 1. The van der Waals surface area contributed by atoms with Gasteiger partial charge in [0, 0.05) is 40.6 Å². The summed E-state index contributed by atoms with van der Waals surface area (Å²) in [6.07, 6.45) is 1.46. The van der Waals surface area contributed by atoms with Gasteiger partial charge in [0.1, 0.15) is 11.5 Å². The van der Waals surface area contributed by atoms with Gasteiger partial charge in [-0.15, -0.1) is 0 Å². The first-order valence-electron chi connectivity index (χ1n) is 9.82. The van der Waals surface area contributed by atoms with Crippen molar-refractivity contribution in [3.05, 3.63) is 59.8 Å². The normalized spacial score (nSPS) is 15.8. The number of benzene rings is 1. The molecule has 1 amide bonds. The molecule has 132 valence electrons. The molecule has 0 saturated heterocycles. The van der Waals surface area contributed by atoms with E-state index in [1.165, 1.54) is 31.3 Å². The van der Waals surface area contributed by atoms with E-state index in [2.05, 4.69) is 4.98 Å². The molecule has 1 aromatic carbocycles. The Bertz CT molecular complexity index is 1080. The summed E-state index contributed by atoms with van der Waals surface area (Å²) in [7, 11) is 0. The summed E-state index contributed by atoms with van der Waals surface area (Å²) < 4.78 is 38.3. The van der Waals surface area contributed by atoms with Crippen molar-refractivity contribution in [2.45, 2.75) is 26.9 Å². The second-order valence-electron chi connectivity index (χ2n) is 6.27. The molecule has 1 aliphatic heterocycles. The van der Waals surface area contributed by atoms with Gasteiger partial charge in [-0.05, 0) is 48.8 Å². The predicted molar refractivity (Wildman–Crippen MR) is 96.7 cm³/mol. The topological polar surface area (TPSA) is 51.0 Å². The molecule has 0 unspecified atom stereocenters. The Kier molecular flexibility index (Phi) is 3.24. The Morgan fingerprint density at radius 1 is 1.19 bits per heavy atom. The van der Waals surface area contributed by atoms with Crippen LogP contribution < -0.4 is 0 Å². The van der Waals surface area contributed by atoms with Gasteiger partial charge in [0.15, 0.2) is 0 Å². The number of fused-ring (bicyclic) bond motifs is 1. The lowest BCUT2D eigenvalue weighted by Crippen LogP contribution is -2.37. The molecule has 26 heavy (non-hydrogen) atoms.